The Morgan fingerprint density at radius 2 is 1.72 bits per heavy atom. The molecule has 132 valence electrons. The molecule has 0 aliphatic carbocycles. The van der Waals surface area contributed by atoms with Crippen LogP contribution >= 0.6 is 0 Å². The second kappa shape index (κ2) is 9.35. The van der Waals surface area contributed by atoms with Gasteiger partial charge in [0.05, 0.1) is 13.2 Å². The van der Waals surface area contributed by atoms with Crippen LogP contribution in [0, 0.1) is 0 Å². The summed E-state index contributed by atoms with van der Waals surface area (Å²) < 4.78 is 5.40. The number of ether oxygens (including phenoxy) is 1. The number of amides is 1. The fourth-order valence-corrected chi connectivity index (χ4v) is 3.30. The molecule has 25 heavy (non-hydrogen) atoms. The van der Waals surface area contributed by atoms with E-state index in [-0.39, 0.29) is 11.9 Å². The van der Waals surface area contributed by atoms with Crippen LogP contribution in [0.5, 0.6) is 0 Å². The van der Waals surface area contributed by atoms with Crippen LogP contribution in [0.2, 0.25) is 0 Å². The van der Waals surface area contributed by atoms with Gasteiger partial charge >= 0.3 is 0 Å². The van der Waals surface area contributed by atoms with Gasteiger partial charge in [-0.05, 0) is 17.5 Å². The van der Waals surface area contributed by atoms with E-state index < -0.39 is 0 Å². The quantitative estimate of drug-likeness (QED) is 0.816. The average Bonchev–Trinajstić information content (AvgIpc) is 2.67. The zero-order valence-electron chi connectivity index (χ0n) is 14.5. The Balaban J connectivity index is 1.55. The van der Waals surface area contributed by atoms with Crippen molar-refractivity contribution in [2.24, 2.45) is 0 Å². The van der Waals surface area contributed by atoms with Crippen molar-refractivity contribution < 1.29 is 9.53 Å². The van der Waals surface area contributed by atoms with E-state index in [1.54, 1.807) is 0 Å². The fraction of sp³-hybridized carbons (Fsp3) is 0.381. The van der Waals surface area contributed by atoms with Crippen LogP contribution in [-0.4, -0.2) is 38.3 Å². The van der Waals surface area contributed by atoms with Crippen molar-refractivity contribution in [2.75, 3.05) is 26.3 Å². The molecule has 2 aromatic carbocycles. The first-order chi connectivity index (χ1) is 12.3. The monoisotopic (exact) mass is 338 g/mol. The van der Waals surface area contributed by atoms with E-state index in [1.165, 1.54) is 11.1 Å². The topological polar surface area (TPSA) is 50.4 Å². The Morgan fingerprint density at radius 3 is 2.28 bits per heavy atom. The van der Waals surface area contributed by atoms with Crippen LogP contribution in [0.4, 0.5) is 0 Å². The van der Waals surface area contributed by atoms with Gasteiger partial charge in [-0.25, -0.2) is 0 Å². The largest absolute Gasteiger partial charge is 0.378 e. The van der Waals surface area contributed by atoms with Crippen LogP contribution in [0.15, 0.2) is 60.7 Å². The van der Waals surface area contributed by atoms with Gasteiger partial charge in [-0.15, -0.1) is 0 Å². The van der Waals surface area contributed by atoms with Gasteiger partial charge in [-0.2, -0.15) is 0 Å². The smallest absolute Gasteiger partial charge is 0.221 e. The highest BCUT2D eigenvalue weighted by molar-refractivity contribution is 5.76. The van der Waals surface area contributed by atoms with Crippen LogP contribution in [0.3, 0.4) is 0 Å². The molecular formula is C21H26N2O2. The van der Waals surface area contributed by atoms with Gasteiger partial charge in [0.2, 0.25) is 5.91 Å². The second-order valence-electron chi connectivity index (χ2n) is 6.44. The lowest BCUT2D eigenvalue weighted by Crippen LogP contribution is -2.44. The number of benzene rings is 2. The van der Waals surface area contributed by atoms with Gasteiger partial charge in [0.15, 0.2) is 0 Å². The predicted octanol–water partition coefficient (Wildman–Crippen LogP) is 2.70. The maximum atomic E-state index is 12.2. The molecule has 1 atom stereocenters. The molecule has 4 heteroatoms. The highest BCUT2D eigenvalue weighted by atomic mass is 16.5. The molecular weight excluding hydrogens is 312 g/mol. The van der Waals surface area contributed by atoms with Crippen LogP contribution < -0.4 is 10.6 Å². The Labute approximate surface area is 149 Å². The van der Waals surface area contributed by atoms with Crippen molar-refractivity contribution in [3.8, 4) is 0 Å². The van der Waals surface area contributed by atoms with Gasteiger partial charge in [-0.3, -0.25) is 4.79 Å². The lowest BCUT2D eigenvalue weighted by Gasteiger charge is -2.23. The SMILES string of the molecule is O=C(C[C@H]1COCCN1)NCCC(c1ccccc1)c1ccccc1. The third-order valence-corrected chi connectivity index (χ3v) is 4.59. The highest BCUT2D eigenvalue weighted by Crippen LogP contribution is 2.27. The lowest BCUT2D eigenvalue weighted by molar-refractivity contribution is -0.122. The summed E-state index contributed by atoms with van der Waals surface area (Å²) in [5.41, 5.74) is 2.57. The zero-order valence-corrected chi connectivity index (χ0v) is 14.5. The molecule has 0 aromatic heterocycles. The summed E-state index contributed by atoms with van der Waals surface area (Å²) in [6.45, 7) is 2.83. The maximum absolute atomic E-state index is 12.2. The summed E-state index contributed by atoms with van der Waals surface area (Å²) in [6.07, 6.45) is 1.36. The summed E-state index contributed by atoms with van der Waals surface area (Å²) >= 11 is 0. The van der Waals surface area contributed by atoms with E-state index in [2.05, 4.69) is 59.2 Å². The minimum Gasteiger partial charge on any atom is -0.378 e. The van der Waals surface area contributed by atoms with Crippen molar-refractivity contribution in [3.05, 3.63) is 71.8 Å². The normalized spacial score (nSPS) is 17.4. The minimum atomic E-state index is 0.0860. The lowest BCUT2D eigenvalue weighted by atomic mass is 9.88. The Kier molecular flexibility index (Phi) is 6.60. The van der Waals surface area contributed by atoms with Gasteiger partial charge in [0.1, 0.15) is 0 Å². The summed E-state index contributed by atoms with van der Waals surface area (Å²) in [6, 6.07) is 21.1. The molecule has 1 heterocycles. The van der Waals surface area contributed by atoms with Gasteiger partial charge in [0, 0.05) is 31.5 Å². The molecule has 1 saturated heterocycles. The number of carbonyl (C=O) groups excluding carboxylic acids is 1. The molecule has 2 aromatic rings. The molecule has 1 aliphatic heterocycles. The molecule has 3 rings (SSSR count). The molecule has 1 aliphatic rings. The van der Waals surface area contributed by atoms with Gasteiger partial charge in [0.25, 0.3) is 0 Å². The summed E-state index contributed by atoms with van der Waals surface area (Å²) in [7, 11) is 0. The van der Waals surface area contributed by atoms with Crippen molar-refractivity contribution in [1.29, 1.82) is 0 Å². The van der Waals surface area contributed by atoms with E-state index in [1.807, 2.05) is 12.1 Å². The third kappa shape index (κ3) is 5.41. The van der Waals surface area contributed by atoms with Crippen molar-refractivity contribution >= 4 is 5.91 Å². The van der Waals surface area contributed by atoms with Crippen molar-refractivity contribution in [3.63, 3.8) is 0 Å². The average molecular weight is 338 g/mol. The Morgan fingerprint density at radius 1 is 1.08 bits per heavy atom. The van der Waals surface area contributed by atoms with Crippen molar-refractivity contribution in [1.82, 2.24) is 10.6 Å². The van der Waals surface area contributed by atoms with E-state index in [0.717, 1.165) is 19.6 Å². The molecule has 0 bridgehead atoms. The van der Waals surface area contributed by atoms with Crippen LogP contribution in [-0.2, 0) is 9.53 Å². The predicted molar refractivity (Wildman–Crippen MR) is 99.6 cm³/mol. The Bertz CT molecular complexity index is 600. The first-order valence-electron chi connectivity index (χ1n) is 9.00. The fourth-order valence-electron chi connectivity index (χ4n) is 3.30. The zero-order chi connectivity index (χ0) is 17.3. The van der Waals surface area contributed by atoms with E-state index in [4.69, 9.17) is 4.74 Å². The van der Waals surface area contributed by atoms with Gasteiger partial charge in [-0.1, -0.05) is 60.7 Å². The second-order valence-corrected chi connectivity index (χ2v) is 6.44. The number of rotatable bonds is 7. The third-order valence-electron chi connectivity index (χ3n) is 4.59. The van der Waals surface area contributed by atoms with Crippen molar-refractivity contribution in [2.45, 2.75) is 24.8 Å². The molecule has 2 N–H and O–H groups in total. The molecule has 0 radical (unpaired) electrons. The maximum Gasteiger partial charge on any atom is 0.221 e. The standard InChI is InChI=1S/C21H26N2O2/c24-21(15-19-16-25-14-13-22-19)23-12-11-20(17-7-3-1-4-8-17)18-9-5-2-6-10-18/h1-10,19-20,22H,11-16H2,(H,23,24)/t19-/m0/s1. The molecule has 4 nitrogen and oxygen atoms in total. The molecule has 1 amide bonds. The van der Waals surface area contributed by atoms with E-state index in [9.17, 15) is 4.79 Å². The van der Waals surface area contributed by atoms with E-state index in [0.29, 0.717) is 25.5 Å². The first kappa shape index (κ1) is 17.6. The highest BCUT2D eigenvalue weighted by Gasteiger charge is 2.18. The summed E-state index contributed by atoms with van der Waals surface area (Å²) in [5, 5.41) is 6.38. The molecule has 0 unspecified atom stereocenters. The number of morpholine rings is 1. The number of carbonyl (C=O) groups is 1. The summed E-state index contributed by atoms with van der Waals surface area (Å²) in [5.74, 6) is 0.377. The first-order valence-corrected chi connectivity index (χ1v) is 9.00. The Hall–Kier alpha value is -2.17. The van der Waals surface area contributed by atoms with Crippen LogP contribution in [0.25, 0.3) is 0 Å². The number of hydrogen-bond acceptors (Lipinski definition) is 3. The van der Waals surface area contributed by atoms with E-state index >= 15 is 0 Å². The molecule has 1 fully saturated rings. The summed E-state index contributed by atoms with van der Waals surface area (Å²) in [4.78, 5) is 12.2. The number of hydrogen-bond donors (Lipinski definition) is 2. The van der Waals surface area contributed by atoms with Crippen LogP contribution in [0.1, 0.15) is 29.9 Å². The molecule has 0 saturated carbocycles. The number of nitrogens with one attached hydrogen (secondary N) is 2. The minimum absolute atomic E-state index is 0.0860. The van der Waals surface area contributed by atoms with Gasteiger partial charge < -0.3 is 15.4 Å². The molecule has 0 spiro atoms.